The number of aromatic nitrogens is 1. The molecule has 1 heterocycles. The molecule has 0 bridgehead atoms. The summed E-state index contributed by atoms with van der Waals surface area (Å²) in [5, 5.41) is 9.58. The molecule has 0 aliphatic rings. The van der Waals surface area contributed by atoms with Crippen molar-refractivity contribution in [2.45, 2.75) is 6.18 Å². The number of aromatic carboxylic acids is 1. The van der Waals surface area contributed by atoms with Crippen molar-refractivity contribution >= 4 is 34.7 Å². The van der Waals surface area contributed by atoms with Crippen LogP contribution in [0.3, 0.4) is 0 Å². The Hall–Kier alpha value is -4.51. The average molecular weight is 563 g/mol. The van der Waals surface area contributed by atoms with Gasteiger partial charge in [-0.05, 0) is 60.7 Å². The van der Waals surface area contributed by atoms with Gasteiger partial charge in [-0.25, -0.2) is 13.6 Å². The highest BCUT2D eigenvalue weighted by Gasteiger charge is 2.33. The molecule has 0 saturated heterocycles. The smallest absolute Gasteiger partial charge is 0.406 e. The number of hydrogen-bond donors (Lipinski definition) is 1. The first kappa shape index (κ1) is 27.5. The third kappa shape index (κ3) is 6.50. The summed E-state index contributed by atoms with van der Waals surface area (Å²) in [6.45, 7) is -1.55. The van der Waals surface area contributed by atoms with E-state index in [1.165, 1.54) is 36.4 Å². The lowest BCUT2D eigenvalue weighted by Gasteiger charge is -2.26. The normalized spacial score (nSPS) is 11.2. The summed E-state index contributed by atoms with van der Waals surface area (Å²) in [7, 11) is 0. The molecule has 6 nitrogen and oxygen atoms in total. The maximum absolute atomic E-state index is 14.4. The SMILES string of the molecule is O=C(c1ccc(Oc2ccccc2F)c(C(=O)O)c1)c1ccc(N(CC(F)(F)F)c2ccc(Cl)cc2F)cn1. The van der Waals surface area contributed by atoms with Crippen LogP contribution in [0.1, 0.15) is 26.4 Å². The van der Waals surface area contributed by atoms with Crippen molar-refractivity contribution in [1.82, 2.24) is 4.98 Å². The van der Waals surface area contributed by atoms with Crippen molar-refractivity contribution in [3.05, 3.63) is 112 Å². The van der Waals surface area contributed by atoms with Gasteiger partial charge in [0.1, 0.15) is 29.4 Å². The number of carbonyl (C=O) groups excluding carboxylic acids is 1. The summed E-state index contributed by atoms with van der Waals surface area (Å²) in [5.74, 6) is -4.37. The van der Waals surface area contributed by atoms with Gasteiger partial charge in [0.05, 0.1) is 17.6 Å². The second-order valence-corrected chi connectivity index (χ2v) is 8.51. The third-order valence-electron chi connectivity index (χ3n) is 5.36. The van der Waals surface area contributed by atoms with Crippen LogP contribution < -0.4 is 9.64 Å². The average Bonchev–Trinajstić information content (AvgIpc) is 2.88. The molecule has 12 heteroatoms. The zero-order valence-electron chi connectivity index (χ0n) is 19.5. The fourth-order valence-corrected chi connectivity index (χ4v) is 3.76. The van der Waals surface area contributed by atoms with E-state index in [0.717, 1.165) is 42.6 Å². The molecular formula is C27H16ClF5N2O4. The Bertz CT molecular complexity index is 1540. The second-order valence-electron chi connectivity index (χ2n) is 8.08. The minimum atomic E-state index is -4.71. The van der Waals surface area contributed by atoms with Crippen LogP contribution in [0.15, 0.2) is 79.0 Å². The molecule has 1 N–H and O–H groups in total. The first-order chi connectivity index (χ1) is 18.4. The van der Waals surface area contributed by atoms with Crippen LogP contribution in [0.2, 0.25) is 5.02 Å². The van der Waals surface area contributed by atoms with Crippen LogP contribution in [-0.2, 0) is 0 Å². The molecule has 39 heavy (non-hydrogen) atoms. The highest BCUT2D eigenvalue weighted by atomic mass is 35.5. The number of hydrogen-bond acceptors (Lipinski definition) is 5. The van der Waals surface area contributed by atoms with Crippen LogP contribution in [0.25, 0.3) is 0 Å². The van der Waals surface area contributed by atoms with E-state index in [4.69, 9.17) is 16.3 Å². The number of ether oxygens (including phenoxy) is 1. The Morgan fingerprint density at radius 2 is 1.67 bits per heavy atom. The van der Waals surface area contributed by atoms with Crippen molar-refractivity contribution < 1.29 is 41.4 Å². The van der Waals surface area contributed by atoms with Gasteiger partial charge in [-0.3, -0.25) is 9.78 Å². The highest BCUT2D eigenvalue weighted by Crippen LogP contribution is 2.33. The fourth-order valence-electron chi connectivity index (χ4n) is 3.60. The zero-order chi connectivity index (χ0) is 28.3. The topological polar surface area (TPSA) is 79.7 Å². The molecule has 0 radical (unpaired) electrons. The second kappa shape index (κ2) is 11.1. The number of rotatable bonds is 8. The maximum atomic E-state index is 14.4. The van der Waals surface area contributed by atoms with Crippen LogP contribution in [-0.4, -0.2) is 34.6 Å². The lowest BCUT2D eigenvalue weighted by molar-refractivity contribution is -0.118. The summed E-state index contributed by atoms with van der Waals surface area (Å²) < 4.78 is 73.5. The Morgan fingerprint density at radius 1 is 0.923 bits per heavy atom. The molecule has 4 aromatic rings. The van der Waals surface area contributed by atoms with E-state index in [2.05, 4.69) is 4.98 Å². The van der Waals surface area contributed by atoms with E-state index >= 15 is 0 Å². The van der Waals surface area contributed by atoms with E-state index in [9.17, 15) is 36.6 Å². The van der Waals surface area contributed by atoms with E-state index in [0.29, 0.717) is 4.90 Å². The van der Waals surface area contributed by atoms with Gasteiger partial charge in [0.25, 0.3) is 0 Å². The minimum absolute atomic E-state index is 0.00618. The molecule has 0 aliphatic heterocycles. The molecule has 0 unspecified atom stereocenters. The zero-order valence-corrected chi connectivity index (χ0v) is 20.3. The predicted octanol–water partition coefficient (Wildman–Crippen LogP) is 7.44. The van der Waals surface area contributed by atoms with E-state index < -0.39 is 47.4 Å². The number of benzene rings is 3. The molecule has 0 spiro atoms. The minimum Gasteiger partial charge on any atom is -0.478 e. The lowest BCUT2D eigenvalue weighted by atomic mass is 10.0. The Labute approximate surface area is 222 Å². The van der Waals surface area contributed by atoms with Gasteiger partial charge in [-0.15, -0.1) is 0 Å². The Morgan fingerprint density at radius 3 is 2.28 bits per heavy atom. The summed E-state index contributed by atoms with van der Waals surface area (Å²) >= 11 is 5.71. The number of nitrogens with zero attached hydrogens (tertiary/aromatic N) is 2. The maximum Gasteiger partial charge on any atom is 0.406 e. The molecular weight excluding hydrogens is 547 g/mol. The Kier molecular flexibility index (Phi) is 7.82. The van der Waals surface area contributed by atoms with Gasteiger partial charge in [-0.2, -0.15) is 13.2 Å². The number of carboxylic acids is 1. The van der Waals surface area contributed by atoms with Crippen LogP contribution >= 0.6 is 11.6 Å². The van der Waals surface area contributed by atoms with Crippen molar-refractivity contribution in [2.75, 3.05) is 11.4 Å². The Balaban J connectivity index is 1.63. The van der Waals surface area contributed by atoms with Crippen molar-refractivity contribution in [2.24, 2.45) is 0 Å². The molecule has 0 saturated carbocycles. The van der Waals surface area contributed by atoms with Crippen LogP contribution in [0, 0.1) is 11.6 Å². The molecule has 4 rings (SSSR count). The number of anilines is 2. The molecule has 1 aromatic heterocycles. The van der Waals surface area contributed by atoms with Crippen molar-refractivity contribution in [1.29, 1.82) is 0 Å². The molecule has 0 atom stereocenters. The van der Waals surface area contributed by atoms with Gasteiger partial charge in [-0.1, -0.05) is 23.7 Å². The van der Waals surface area contributed by atoms with E-state index in [-0.39, 0.29) is 33.5 Å². The summed E-state index contributed by atoms with van der Waals surface area (Å²) in [6, 6.07) is 14.2. The lowest BCUT2D eigenvalue weighted by Crippen LogP contribution is -2.31. The van der Waals surface area contributed by atoms with Gasteiger partial charge in [0, 0.05) is 10.6 Å². The van der Waals surface area contributed by atoms with Gasteiger partial charge >= 0.3 is 12.1 Å². The van der Waals surface area contributed by atoms with Crippen LogP contribution in [0.4, 0.5) is 33.3 Å². The molecule has 0 aliphatic carbocycles. The summed E-state index contributed by atoms with van der Waals surface area (Å²) in [4.78, 5) is 29.3. The van der Waals surface area contributed by atoms with Gasteiger partial charge in [0.15, 0.2) is 11.6 Å². The number of carboxylic acid groups (broad SMARTS) is 1. The molecule has 200 valence electrons. The highest BCUT2D eigenvalue weighted by molar-refractivity contribution is 6.30. The van der Waals surface area contributed by atoms with Crippen molar-refractivity contribution in [3.63, 3.8) is 0 Å². The third-order valence-corrected chi connectivity index (χ3v) is 5.59. The molecule has 0 fully saturated rings. The van der Waals surface area contributed by atoms with E-state index in [1.807, 2.05) is 0 Å². The van der Waals surface area contributed by atoms with Gasteiger partial charge in [0.2, 0.25) is 5.78 Å². The van der Waals surface area contributed by atoms with Crippen molar-refractivity contribution in [3.8, 4) is 11.5 Å². The number of halogens is 6. The largest absolute Gasteiger partial charge is 0.478 e. The number of carbonyl (C=O) groups is 2. The first-order valence-electron chi connectivity index (χ1n) is 11.0. The predicted molar refractivity (Wildman–Crippen MR) is 132 cm³/mol. The fraction of sp³-hybridized carbons (Fsp3) is 0.0741. The summed E-state index contributed by atoms with van der Waals surface area (Å²) in [6.07, 6.45) is -3.75. The number of para-hydroxylation sites is 1. The van der Waals surface area contributed by atoms with Crippen LogP contribution in [0.5, 0.6) is 11.5 Å². The standard InChI is InChI=1S/C27H16ClF5N2O4/c28-16-6-9-22(20(30)12-16)35(14-27(31,32)33)17-7-8-21(34-13-17)25(36)15-5-10-23(18(11-15)26(37)38)39-24-4-2-1-3-19(24)29/h1-13H,14H2,(H,37,38). The number of alkyl halides is 3. The molecule has 3 aromatic carbocycles. The monoisotopic (exact) mass is 562 g/mol. The quantitative estimate of drug-likeness (QED) is 0.178. The van der Waals surface area contributed by atoms with Gasteiger partial charge < -0.3 is 14.7 Å². The van der Waals surface area contributed by atoms with E-state index in [1.54, 1.807) is 0 Å². The number of pyridine rings is 1. The number of ketones is 1. The summed E-state index contributed by atoms with van der Waals surface area (Å²) in [5.41, 5.74) is -1.35. The first-order valence-corrected chi connectivity index (χ1v) is 11.4. The molecule has 0 amide bonds.